The lowest BCUT2D eigenvalue weighted by molar-refractivity contribution is 0.487. The lowest BCUT2D eigenvalue weighted by Gasteiger charge is -2.17. The number of aromatic amines is 1. The van der Waals surface area contributed by atoms with Crippen LogP contribution in [-0.2, 0) is 16.4 Å². The van der Waals surface area contributed by atoms with Crippen LogP contribution in [0.2, 0.25) is 0 Å². The van der Waals surface area contributed by atoms with E-state index in [4.69, 9.17) is 0 Å². The third-order valence-corrected chi connectivity index (χ3v) is 4.71. The van der Waals surface area contributed by atoms with Gasteiger partial charge in [0, 0.05) is 17.8 Å². The summed E-state index contributed by atoms with van der Waals surface area (Å²) >= 11 is 3.34. The van der Waals surface area contributed by atoms with Crippen molar-refractivity contribution in [2.75, 3.05) is 5.33 Å². The standard InChI is InChI=1S/C11H20BrN3O2S/c1-4-10-13-7-11(14-10)18(16,17)15-9(6-12)5-8(2)3/h7-9,15H,4-6H2,1-3H3,(H,13,14). The highest BCUT2D eigenvalue weighted by Crippen LogP contribution is 2.12. The van der Waals surface area contributed by atoms with Crippen molar-refractivity contribution in [1.82, 2.24) is 14.7 Å². The summed E-state index contributed by atoms with van der Waals surface area (Å²) < 4.78 is 26.9. The van der Waals surface area contributed by atoms with Gasteiger partial charge in [-0.15, -0.1) is 0 Å². The Kier molecular flexibility index (Phi) is 5.81. The normalized spacial score (nSPS) is 14.1. The Labute approximate surface area is 117 Å². The van der Waals surface area contributed by atoms with Crippen molar-refractivity contribution in [3.8, 4) is 0 Å². The Hall–Kier alpha value is -0.400. The molecule has 0 saturated heterocycles. The number of aromatic nitrogens is 2. The molecular weight excluding hydrogens is 318 g/mol. The zero-order valence-electron chi connectivity index (χ0n) is 10.9. The van der Waals surface area contributed by atoms with Crippen molar-refractivity contribution in [1.29, 1.82) is 0 Å². The first-order chi connectivity index (χ1) is 8.39. The lowest BCUT2D eigenvalue weighted by Crippen LogP contribution is -2.37. The number of imidazole rings is 1. The van der Waals surface area contributed by atoms with Crippen LogP contribution in [-0.4, -0.2) is 29.8 Å². The van der Waals surface area contributed by atoms with Crippen molar-refractivity contribution < 1.29 is 8.42 Å². The topological polar surface area (TPSA) is 74.8 Å². The Balaban J connectivity index is 2.80. The van der Waals surface area contributed by atoms with Crippen LogP contribution < -0.4 is 4.72 Å². The molecule has 7 heteroatoms. The number of alkyl halides is 1. The van der Waals surface area contributed by atoms with Gasteiger partial charge < -0.3 is 4.98 Å². The molecule has 104 valence electrons. The van der Waals surface area contributed by atoms with Crippen LogP contribution in [0.15, 0.2) is 11.2 Å². The Bertz CT molecular complexity index is 470. The third-order valence-electron chi connectivity index (χ3n) is 2.49. The van der Waals surface area contributed by atoms with Crippen LogP contribution in [0.5, 0.6) is 0 Å². The van der Waals surface area contributed by atoms with Crippen LogP contribution in [0.25, 0.3) is 0 Å². The second-order valence-electron chi connectivity index (χ2n) is 4.65. The fourth-order valence-corrected chi connectivity index (χ4v) is 3.48. The van der Waals surface area contributed by atoms with Crippen molar-refractivity contribution in [2.45, 2.75) is 44.7 Å². The summed E-state index contributed by atoms with van der Waals surface area (Å²) in [7, 11) is -3.50. The van der Waals surface area contributed by atoms with Gasteiger partial charge in [0.1, 0.15) is 5.82 Å². The summed E-state index contributed by atoms with van der Waals surface area (Å²) in [4.78, 5) is 6.82. The quantitative estimate of drug-likeness (QED) is 0.748. The van der Waals surface area contributed by atoms with Crippen molar-refractivity contribution in [2.24, 2.45) is 5.92 Å². The van der Waals surface area contributed by atoms with Gasteiger partial charge in [0.25, 0.3) is 10.0 Å². The predicted molar refractivity (Wildman–Crippen MR) is 75.3 cm³/mol. The van der Waals surface area contributed by atoms with Gasteiger partial charge in [0.05, 0.1) is 6.20 Å². The van der Waals surface area contributed by atoms with E-state index in [1.165, 1.54) is 6.20 Å². The summed E-state index contributed by atoms with van der Waals surface area (Å²) in [5.41, 5.74) is 0. The fourth-order valence-electron chi connectivity index (χ4n) is 1.65. The van der Waals surface area contributed by atoms with E-state index in [-0.39, 0.29) is 11.1 Å². The first-order valence-electron chi connectivity index (χ1n) is 6.01. The van der Waals surface area contributed by atoms with Crippen LogP contribution in [0.3, 0.4) is 0 Å². The van der Waals surface area contributed by atoms with Crippen molar-refractivity contribution in [3.63, 3.8) is 0 Å². The summed E-state index contributed by atoms with van der Waals surface area (Å²) in [6.45, 7) is 6.05. The van der Waals surface area contributed by atoms with E-state index < -0.39 is 10.0 Å². The van der Waals surface area contributed by atoms with Gasteiger partial charge >= 0.3 is 0 Å². The van der Waals surface area contributed by atoms with Crippen molar-refractivity contribution in [3.05, 3.63) is 12.0 Å². The average molecular weight is 338 g/mol. The second-order valence-corrected chi connectivity index (χ2v) is 6.98. The molecule has 2 N–H and O–H groups in total. The number of halogens is 1. The maximum absolute atomic E-state index is 12.1. The maximum Gasteiger partial charge on any atom is 0.257 e. The smallest absolute Gasteiger partial charge is 0.257 e. The zero-order valence-corrected chi connectivity index (χ0v) is 13.3. The summed E-state index contributed by atoms with van der Waals surface area (Å²) in [6, 6.07) is -0.108. The highest BCUT2D eigenvalue weighted by molar-refractivity contribution is 9.09. The minimum absolute atomic E-state index is 0.108. The van der Waals surface area contributed by atoms with Gasteiger partial charge in [-0.3, -0.25) is 0 Å². The van der Waals surface area contributed by atoms with E-state index >= 15 is 0 Å². The zero-order chi connectivity index (χ0) is 13.8. The minimum Gasteiger partial charge on any atom is -0.332 e. The molecule has 0 bridgehead atoms. The van der Waals surface area contributed by atoms with E-state index in [9.17, 15) is 8.42 Å². The van der Waals surface area contributed by atoms with Gasteiger partial charge in [-0.2, -0.15) is 0 Å². The number of rotatable bonds is 7. The molecule has 1 aromatic rings. The molecule has 0 radical (unpaired) electrons. The van der Waals surface area contributed by atoms with Crippen molar-refractivity contribution >= 4 is 26.0 Å². The molecule has 0 aliphatic heterocycles. The average Bonchev–Trinajstić information content (AvgIpc) is 2.76. The Morgan fingerprint density at radius 2 is 2.17 bits per heavy atom. The number of H-pyrrole nitrogens is 1. The maximum atomic E-state index is 12.1. The number of hydrogen-bond donors (Lipinski definition) is 2. The van der Waals surface area contributed by atoms with Gasteiger partial charge in [-0.1, -0.05) is 36.7 Å². The van der Waals surface area contributed by atoms with Crippen LogP contribution in [0.4, 0.5) is 0 Å². The molecule has 0 aliphatic carbocycles. The van der Waals surface area contributed by atoms with Gasteiger partial charge in [0.2, 0.25) is 0 Å². The van der Waals surface area contributed by atoms with E-state index in [0.717, 1.165) is 6.42 Å². The first kappa shape index (κ1) is 15.7. The summed E-state index contributed by atoms with van der Waals surface area (Å²) in [5.74, 6) is 1.11. The SMILES string of the molecule is CCc1ncc(S(=O)(=O)NC(CBr)CC(C)C)[nH]1. The van der Waals surface area contributed by atoms with Gasteiger partial charge in [-0.05, 0) is 12.3 Å². The molecule has 1 heterocycles. The Morgan fingerprint density at radius 1 is 1.50 bits per heavy atom. The van der Waals surface area contributed by atoms with E-state index in [2.05, 4.69) is 44.5 Å². The van der Waals surface area contributed by atoms with Gasteiger partial charge in [-0.25, -0.2) is 18.1 Å². The van der Waals surface area contributed by atoms with E-state index in [1.807, 2.05) is 6.92 Å². The number of aryl methyl sites for hydroxylation is 1. The predicted octanol–water partition coefficient (Wildman–Crippen LogP) is 2.06. The van der Waals surface area contributed by atoms with Crippen LogP contribution >= 0.6 is 15.9 Å². The molecule has 0 spiro atoms. The molecule has 0 fully saturated rings. The molecule has 5 nitrogen and oxygen atoms in total. The van der Waals surface area contributed by atoms with Crippen LogP contribution in [0.1, 0.15) is 33.0 Å². The molecule has 0 saturated carbocycles. The fraction of sp³-hybridized carbons (Fsp3) is 0.727. The van der Waals surface area contributed by atoms with E-state index in [0.29, 0.717) is 23.5 Å². The highest BCUT2D eigenvalue weighted by atomic mass is 79.9. The molecular formula is C11H20BrN3O2S. The highest BCUT2D eigenvalue weighted by Gasteiger charge is 2.22. The lowest BCUT2D eigenvalue weighted by atomic mass is 10.1. The molecule has 1 rings (SSSR count). The minimum atomic E-state index is -3.50. The number of sulfonamides is 1. The third kappa shape index (κ3) is 4.37. The molecule has 0 aliphatic rings. The molecule has 1 aromatic heterocycles. The first-order valence-corrected chi connectivity index (χ1v) is 8.61. The van der Waals surface area contributed by atoms with E-state index in [1.54, 1.807) is 0 Å². The molecule has 0 aromatic carbocycles. The largest absolute Gasteiger partial charge is 0.332 e. The molecule has 18 heavy (non-hydrogen) atoms. The number of hydrogen-bond acceptors (Lipinski definition) is 3. The number of nitrogens with zero attached hydrogens (tertiary/aromatic N) is 1. The second kappa shape index (κ2) is 6.68. The van der Waals surface area contributed by atoms with Gasteiger partial charge in [0.15, 0.2) is 5.03 Å². The Morgan fingerprint density at radius 3 is 2.61 bits per heavy atom. The number of nitrogens with one attached hydrogen (secondary N) is 2. The van der Waals surface area contributed by atoms with Crippen LogP contribution in [0, 0.1) is 5.92 Å². The monoisotopic (exact) mass is 337 g/mol. The summed E-state index contributed by atoms with van der Waals surface area (Å²) in [5, 5.41) is 0.730. The molecule has 0 amide bonds. The summed E-state index contributed by atoms with van der Waals surface area (Å²) in [6.07, 6.45) is 2.84. The molecule has 1 atom stereocenters. The molecule has 1 unspecified atom stereocenters.